The lowest BCUT2D eigenvalue weighted by Gasteiger charge is -2.14. The summed E-state index contributed by atoms with van der Waals surface area (Å²) >= 11 is 6.03. The number of hydrogen-bond donors (Lipinski definition) is 1. The predicted octanol–water partition coefficient (Wildman–Crippen LogP) is 3.46. The van der Waals surface area contributed by atoms with Crippen molar-refractivity contribution in [3.05, 3.63) is 65.1 Å². The van der Waals surface area contributed by atoms with Crippen LogP contribution < -0.4 is 4.72 Å². The minimum Gasteiger partial charge on any atom is -0.267 e. The minimum absolute atomic E-state index is 0.0941. The highest BCUT2D eigenvalue weighted by Gasteiger charge is 2.22. The lowest BCUT2D eigenvalue weighted by atomic mass is 9.94. The summed E-state index contributed by atoms with van der Waals surface area (Å²) in [6, 6.07) is 10.4. The van der Waals surface area contributed by atoms with Gasteiger partial charge in [-0.1, -0.05) is 23.7 Å². The van der Waals surface area contributed by atoms with E-state index in [1.54, 1.807) is 30.6 Å². The SMILES string of the molecule is O=S(=O)(NCCn1nc(-c2ccncc2)c2c1CCCC2)c1ccccc1Cl. The van der Waals surface area contributed by atoms with Gasteiger partial charge in [0.05, 0.1) is 17.3 Å². The summed E-state index contributed by atoms with van der Waals surface area (Å²) < 4.78 is 29.6. The molecular formula is C20H21ClN4O2S. The Morgan fingerprint density at radius 1 is 1.07 bits per heavy atom. The van der Waals surface area contributed by atoms with Gasteiger partial charge in [-0.2, -0.15) is 5.10 Å². The van der Waals surface area contributed by atoms with E-state index in [1.807, 2.05) is 16.8 Å². The summed E-state index contributed by atoms with van der Waals surface area (Å²) in [5, 5.41) is 5.01. The molecule has 2 heterocycles. The van der Waals surface area contributed by atoms with Crippen molar-refractivity contribution in [1.29, 1.82) is 0 Å². The standard InChI is InChI=1S/C20H21ClN4O2S/c21-17-6-2-4-8-19(17)28(26,27)23-13-14-25-18-7-3-1-5-16(18)20(24-25)15-9-11-22-12-10-15/h2,4,6,8-12,23H,1,3,5,7,13-14H2. The highest BCUT2D eigenvalue weighted by Crippen LogP contribution is 2.31. The molecule has 1 N–H and O–H groups in total. The molecule has 3 aromatic rings. The van der Waals surface area contributed by atoms with Crippen molar-refractivity contribution in [2.45, 2.75) is 37.1 Å². The number of sulfonamides is 1. The van der Waals surface area contributed by atoms with Gasteiger partial charge in [0.1, 0.15) is 4.90 Å². The third-order valence-electron chi connectivity index (χ3n) is 4.95. The van der Waals surface area contributed by atoms with Crippen LogP contribution in [0.4, 0.5) is 0 Å². The summed E-state index contributed by atoms with van der Waals surface area (Å²) in [5.74, 6) is 0. The van der Waals surface area contributed by atoms with E-state index < -0.39 is 10.0 Å². The maximum atomic E-state index is 12.5. The van der Waals surface area contributed by atoms with Crippen molar-refractivity contribution in [1.82, 2.24) is 19.5 Å². The second kappa shape index (κ2) is 8.03. The number of aromatic nitrogens is 3. The molecule has 0 unspecified atom stereocenters. The Balaban J connectivity index is 1.54. The zero-order chi connectivity index (χ0) is 19.6. The van der Waals surface area contributed by atoms with Crippen LogP contribution in [-0.2, 0) is 29.4 Å². The van der Waals surface area contributed by atoms with E-state index in [1.165, 1.54) is 17.3 Å². The van der Waals surface area contributed by atoms with Gasteiger partial charge in [-0.15, -0.1) is 0 Å². The van der Waals surface area contributed by atoms with Gasteiger partial charge in [0, 0.05) is 35.8 Å². The average Bonchev–Trinajstić information content (AvgIpc) is 3.08. The summed E-state index contributed by atoms with van der Waals surface area (Å²) in [6.07, 6.45) is 7.77. The van der Waals surface area contributed by atoms with Crippen LogP contribution in [-0.4, -0.2) is 29.7 Å². The first-order valence-electron chi connectivity index (χ1n) is 9.29. The van der Waals surface area contributed by atoms with Crippen LogP contribution in [0, 0.1) is 0 Å². The number of pyridine rings is 1. The molecule has 1 aromatic carbocycles. The third kappa shape index (κ3) is 3.83. The molecule has 146 valence electrons. The number of nitrogens with one attached hydrogen (secondary N) is 1. The molecule has 0 radical (unpaired) electrons. The Morgan fingerprint density at radius 2 is 1.82 bits per heavy atom. The fourth-order valence-electron chi connectivity index (χ4n) is 3.62. The van der Waals surface area contributed by atoms with Crippen molar-refractivity contribution in [3.8, 4) is 11.3 Å². The smallest absolute Gasteiger partial charge is 0.242 e. The molecule has 8 heteroatoms. The summed E-state index contributed by atoms with van der Waals surface area (Å²) in [5.41, 5.74) is 4.50. The predicted molar refractivity (Wildman–Crippen MR) is 109 cm³/mol. The second-order valence-electron chi connectivity index (χ2n) is 6.77. The van der Waals surface area contributed by atoms with Crippen LogP contribution in [0.2, 0.25) is 5.02 Å². The van der Waals surface area contributed by atoms with Crippen LogP contribution in [0.1, 0.15) is 24.1 Å². The van der Waals surface area contributed by atoms with Gasteiger partial charge in [-0.05, 0) is 49.9 Å². The van der Waals surface area contributed by atoms with Gasteiger partial charge >= 0.3 is 0 Å². The first-order valence-corrected chi connectivity index (χ1v) is 11.2. The van der Waals surface area contributed by atoms with Crippen molar-refractivity contribution >= 4 is 21.6 Å². The second-order valence-corrected chi connectivity index (χ2v) is 8.91. The third-order valence-corrected chi connectivity index (χ3v) is 6.91. The Labute approximate surface area is 169 Å². The zero-order valence-electron chi connectivity index (χ0n) is 15.3. The lowest BCUT2D eigenvalue weighted by molar-refractivity contribution is 0.539. The van der Waals surface area contributed by atoms with Crippen molar-refractivity contribution in [2.75, 3.05) is 6.54 Å². The van der Waals surface area contributed by atoms with Crippen molar-refractivity contribution in [3.63, 3.8) is 0 Å². The molecule has 1 aliphatic rings. The van der Waals surface area contributed by atoms with Crippen LogP contribution in [0.15, 0.2) is 53.7 Å². The van der Waals surface area contributed by atoms with Gasteiger partial charge in [0.2, 0.25) is 10.0 Å². The molecule has 6 nitrogen and oxygen atoms in total. The van der Waals surface area contributed by atoms with E-state index in [0.717, 1.165) is 36.9 Å². The van der Waals surface area contributed by atoms with Crippen molar-refractivity contribution < 1.29 is 8.42 Å². The molecule has 0 bridgehead atoms. The molecule has 0 saturated heterocycles. The topological polar surface area (TPSA) is 76.9 Å². The van der Waals surface area contributed by atoms with Crippen LogP contribution in [0.3, 0.4) is 0 Å². The maximum absolute atomic E-state index is 12.5. The van der Waals surface area contributed by atoms with E-state index >= 15 is 0 Å². The quantitative estimate of drug-likeness (QED) is 0.667. The van der Waals surface area contributed by atoms with Crippen molar-refractivity contribution in [2.24, 2.45) is 0 Å². The van der Waals surface area contributed by atoms with Gasteiger partial charge in [-0.25, -0.2) is 13.1 Å². The highest BCUT2D eigenvalue weighted by molar-refractivity contribution is 7.89. The summed E-state index contributed by atoms with van der Waals surface area (Å²) in [7, 11) is -3.66. The molecule has 0 saturated carbocycles. The zero-order valence-corrected chi connectivity index (χ0v) is 16.9. The molecule has 0 aliphatic heterocycles. The molecule has 1 aliphatic carbocycles. The highest BCUT2D eigenvalue weighted by atomic mass is 35.5. The number of nitrogens with zero attached hydrogens (tertiary/aromatic N) is 3. The van der Waals surface area contributed by atoms with Gasteiger partial charge in [0.25, 0.3) is 0 Å². The molecule has 0 spiro atoms. The van der Waals surface area contributed by atoms with E-state index in [9.17, 15) is 8.42 Å². The molecule has 28 heavy (non-hydrogen) atoms. The monoisotopic (exact) mass is 416 g/mol. The number of rotatable bonds is 6. The summed E-state index contributed by atoms with van der Waals surface area (Å²) in [6.45, 7) is 0.717. The Bertz CT molecular complexity index is 1080. The summed E-state index contributed by atoms with van der Waals surface area (Å²) in [4.78, 5) is 4.17. The fourth-order valence-corrected chi connectivity index (χ4v) is 5.16. The normalized spacial score (nSPS) is 14.0. The van der Waals surface area contributed by atoms with Gasteiger partial charge in [-0.3, -0.25) is 9.67 Å². The van der Waals surface area contributed by atoms with E-state index in [4.69, 9.17) is 16.7 Å². The average molecular weight is 417 g/mol. The van der Waals surface area contributed by atoms with Gasteiger partial charge in [0.15, 0.2) is 0 Å². The molecule has 0 atom stereocenters. The molecular weight excluding hydrogens is 396 g/mol. The fraction of sp³-hybridized carbons (Fsp3) is 0.300. The van der Waals surface area contributed by atoms with Crippen LogP contribution in [0.25, 0.3) is 11.3 Å². The van der Waals surface area contributed by atoms with Crippen LogP contribution in [0.5, 0.6) is 0 Å². The Hall–Kier alpha value is -2.22. The Morgan fingerprint density at radius 3 is 2.61 bits per heavy atom. The molecule has 0 fully saturated rings. The molecule has 2 aromatic heterocycles. The van der Waals surface area contributed by atoms with E-state index in [0.29, 0.717) is 6.54 Å². The molecule has 4 rings (SSSR count). The lowest BCUT2D eigenvalue weighted by Crippen LogP contribution is -2.28. The van der Waals surface area contributed by atoms with Gasteiger partial charge < -0.3 is 0 Å². The van der Waals surface area contributed by atoms with E-state index in [2.05, 4.69) is 9.71 Å². The number of fused-ring (bicyclic) bond motifs is 1. The molecule has 0 amide bonds. The first kappa shape index (κ1) is 19.1. The maximum Gasteiger partial charge on any atom is 0.242 e. The number of halogens is 1. The number of hydrogen-bond acceptors (Lipinski definition) is 4. The van der Waals surface area contributed by atoms with E-state index in [-0.39, 0.29) is 16.5 Å². The minimum atomic E-state index is -3.66. The Kier molecular flexibility index (Phi) is 5.48. The largest absolute Gasteiger partial charge is 0.267 e. The number of benzene rings is 1. The van der Waals surface area contributed by atoms with Crippen LogP contribution >= 0.6 is 11.6 Å². The first-order chi connectivity index (χ1) is 13.6.